The van der Waals surface area contributed by atoms with E-state index in [1.807, 2.05) is 6.07 Å². The number of hydrogen-bond donors (Lipinski definition) is 2. The van der Waals surface area contributed by atoms with E-state index in [0.29, 0.717) is 23.4 Å². The van der Waals surface area contributed by atoms with Gasteiger partial charge >= 0.3 is 0 Å². The molecule has 0 atom stereocenters. The molecule has 0 aliphatic heterocycles. The van der Waals surface area contributed by atoms with Gasteiger partial charge in [0.15, 0.2) is 0 Å². The lowest BCUT2D eigenvalue weighted by molar-refractivity contribution is -0.111. The van der Waals surface area contributed by atoms with Crippen LogP contribution in [-0.2, 0) is 11.3 Å². The second-order valence-electron chi connectivity index (χ2n) is 5.96. The highest BCUT2D eigenvalue weighted by Gasteiger charge is 2.12. The smallest absolute Gasteiger partial charge is 0.253 e. The van der Waals surface area contributed by atoms with Crippen molar-refractivity contribution in [1.82, 2.24) is 10.3 Å². The van der Waals surface area contributed by atoms with Gasteiger partial charge < -0.3 is 10.6 Å². The van der Waals surface area contributed by atoms with Crippen LogP contribution in [0.15, 0.2) is 79.1 Å². The number of amides is 2. The molecule has 0 radical (unpaired) electrons. The minimum absolute atomic E-state index is 0.303. The van der Waals surface area contributed by atoms with E-state index in [-0.39, 0.29) is 11.7 Å². The molecule has 0 saturated carbocycles. The summed E-state index contributed by atoms with van der Waals surface area (Å²) in [7, 11) is 0. The number of rotatable bonds is 6. The maximum absolute atomic E-state index is 12.9. The number of aromatic nitrogens is 1. The molecule has 0 aliphatic carbocycles. The summed E-state index contributed by atoms with van der Waals surface area (Å²) in [5.74, 6) is -1.04. The first-order chi connectivity index (χ1) is 13.6. The van der Waals surface area contributed by atoms with E-state index in [4.69, 9.17) is 0 Å². The lowest BCUT2D eigenvalue weighted by Crippen LogP contribution is -2.24. The number of nitrogens with one attached hydrogen (secondary N) is 2. The standard InChI is InChI=1S/C22H18FN3O2/c23-18-10-7-16(8-11-18)9-12-21(27)26-20-6-2-1-5-19(20)22(28)25-15-17-4-3-13-24-14-17/h1-14H,15H2,(H,25,28)(H,26,27)/b12-9+. The molecule has 0 aliphatic rings. The summed E-state index contributed by atoms with van der Waals surface area (Å²) < 4.78 is 12.9. The Kier molecular flexibility index (Phi) is 6.25. The van der Waals surface area contributed by atoms with Crippen molar-refractivity contribution in [2.75, 3.05) is 5.32 Å². The molecule has 0 spiro atoms. The quantitative estimate of drug-likeness (QED) is 0.644. The number of nitrogens with zero attached hydrogens (tertiary/aromatic N) is 1. The number of benzene rings is 2. The SMILES string of the molecule is O=C(/C=C/c1ccc(F)cc1)Nc1ccccc1C(=O)NCc1cccnc1. The third-order valence-corrected chi connectivity index (χ3v) is 3.90. The monoisotopic (exact) mass is 375 g/mol. The summed E-state index contributed by atoms with van der Waals surface area (Å²) in [6.45, 7) is 0.333. The van der Waals surface area contributed by atoms with Crippen LogP contribution in [0.2, 0.25) is 0 Å². The molecule has 6 heteroatoms. The van der Waals surface area contributed by atoms with Gasteiger partial charge in [0.05, 0.1) is 11.3 Å². The third kappa shape index (κ3) is 5.35. The van der Waals surface area contributed by atoms with E-state index < -0.39 is 5.91 Å². The largest absolute Gasteiger partial charge is 0.348 e. The summed E-state index contributed by atoms with van der Waals surface area (Å²) >= 11 is 0. The van der Waals surface area contributed by atoms with Crippen molar-refractivity contribution in [3.05, 3.63) is 102 Å². The zero-order chi connectivity index (χ0) is 19.8. The Hall–Kier alpha value is -3.80. The second-order valence-corrected chi connectivity index (χ2v) is 5.96. The highest BCUT2D eigenvalue weighted by Crippen LogP contribution is 2.15. The van der Waals surface area contributed by atoms with E-state index in [1.54, 1.807) is 60.9 Å². The molecule has 140 valence electrons. The summed E-state index contributed by atoms with van der Waals surface area (Å²) in [6, 6.07) is 16.2. The molecular formula is C22H18FN3O2. The highest BCUT2D eigenvalue weighted by molar-refractivity contribution is 6.07. The number of carbonyl (C=O) groups is 2. The van der Waals surface area contributed by atoms with E-state index in [2.05, 4.69) is 15.6 Å². The van der Waals surface area contributed by atoms with Gasteiger partial charge in [-0.3, -0.25) is 14.6 Å². The fourth-order valence-electron chi connectivity index (χ4n) is 2.49. The molecule has 2 aromatic carbocycles. The van der Waals surface area contributed by atoms with Crippen LogP contribution >= 0.6 is 0 Å². The number of anilines is 1. The lowest BCUT2D eigenvalue weighted by Gasteiger charge is -2.10. The normalized spacial score (nSPS) is 10.6. The maximum Gasteiger partial charge on any atom is 0.253 e. The van der Waals surface area contributed by atoms with Gasteiger partial charge in [-0.25, -0.2) is 4.39 Å². The van der Waals surface area contributed by atoms with Crippen LogP contribution in [0, 0.1) is 5.82 Å². The predicted octanol–water partition coefficient (Wildman–Crippen LogP) is 3.80. The van der Waals surface area contributed by atoms with E-state index >= 15 is 0 Å². The van der Waals surface area contributed by atoms with Gasteiger partial charge in [0.25, 0.3) is 5.91 Å². The van der Waals surface area contributed by atoms with Crippen LogP contribution in [0.3, 0.4) is 0 Å². The van der Waals surface area contributed by atoms with Crippen LogP contribution in [-0.4, -0.2) is 16.8 Å². The van der Waals surface area contributed by atoms with Crippen molar-refractivity contribution >= 4 is 23.6 Å². The summed E-state index contributed by atoms with van der Waals surface area (Å²) in [5, 5.41) is 5.51. The molecule has 1 aromatic heterocycles. The molecular weight excluding hydrogens is 357 g/mol. The number of para-hydroxylation sites is 1. The summed E-state index contributed by atoms with van der Waals surface area (Å²) in [5.41, 5.74) is 2.33. The maximum atomic E-state index is 12.9. The molecule has 0 unspecified atom stereocenters. The number of pyridine rings is 1. The second kappa shape index (κ2) is 9.23. The van der Waals surface area contributed by atoms with Crippen LogP contribution in [0.4, 0.5) is 10.1 Å². The molecule has 2 amide bonds. The molecule has 3 aromatic rings. The Morgan fingerprint density at radius 2 is 1.79 bits per heavy atom. The Bertz CT molecular complexity index is 986. The minimum Gasteiger partial charge on any atom is -0.348 e. The van der Waals surface area contributed by atoms with Crippen LogP contribution in [0.25, 0.3) is 6.08 Å². The summed E-state index contributed by atoms with van der Waals surface area (Å²) in [6.07, 6.45) is 6.24. The van der Waals surface area contributed by atoms with E-state index in [1.165, 1.54) is 18.2 Å². The van der Waals surface area contributed by atoms with Crippen molar-refractivity contribution in [3.8, 4) is 0 Å². The molecule has 5 nitrogen and oxygen atoms in total. The highest BCUT2D eigenvalue weighted by atomic mass is 19.1. The fraction of sp³-hybridized carbons (Fsp3) is 0.0455. The lowest BCUT2D eigenvalue weighted by atomic mass is 10.1. The molecule has 0 fully saturated rings. The van der Waals surface area contributed by atoms with Crippen LogP contribution in [0.5, 0.6) is 0 Å². The first-order valence-corrected chi connectivity index (χ1v) is 8.62. The van der Waals surface area contributed by atoms with Gasteiger partial charge in [-0.1, -0.05) is 30.3 Å². The zero-order valence-corrected chi connectivity index (χ0v) is 14.9. The Morgan fingerprint density at radius 1 is 1.00 bits per heavy atom. The molecule has 0 saturated heterocycles. The molecule has 0 bridgehead atoms. The van der Waals surface area contributed by atoms with Crippen molar-refractivity contribution in [3.63, 3.8) is 0 Å². The van der Waals surface area contributed by atoms with Crippen molar-refractivity contribution in [2.45, 2.75) is 6.54 Å². The molecule has 2 N–H and O–H groups in total. The van der Waals surface area contributed by atoms with Crippen LogP contribution < -0.4 is 10.6 Å². The first-order valence-electron chi connectivity index (χ1n) is 8.62. The fourth-order valence-corrected chi connectivity index (χ4v) is 2.49. The topological polar surface area (TPSA) is 71.1 Å². The number of carbonyl (C=O) groups excluding carboxylic acids is 2. The molecule has 28 heavy (non-hydrogen) atoms. The van der Waals surface area contributed by atoms with Gasteiger partial charge in [-0.15, -0.1) is 0 Å². The average Bonchev–Trinajstić information content (AvgIpc) is 2.73. The minimum atomic E-state index is -0.392. The van der Waals surface area contributed by atoms with Crippen LogP contribution in [0.1, 0.15) is 21.5 Å². The van der Waals surface area contributed by atoms with Gasteiger partial charge in [-0.2, -0.15) is 0 Å². The van der Waals surface area contributed by atoms with Gasteiger partial charge in [0.2, 0.25) is 5.91 Å². The Balaban J connectivity index is 1.65. The first kappa shape index (κ1) is 19.0. The zero-order valence-electron chi connectivity index (χ0n) is 14.9. The van der Waals surface area contributed by atoms with Crippen molar-refractivity contribution < 1.29 is 14.0 Å². The third-order valence-electron chi connectivity index (χ3n) is 3.90. The number of halogens is 1. The number of hydrogen-bond acceptors (Lipinski definition) is 3. The average molecular weight is 375 g/mol. The van der Waals surface area contributed by atoms with Crippen molar-refractivity contribution in [1.29, 1.82) is 0 Å². The summed E-state index contributed by atoms with van der Waals surface area (Å²) in [4.78, 5) is 28.7. The van der Waals surface area contributed by atoms with Gasteiger partial charge in [0.1, 0.15) is 5.82 Å². The van der Waals surface area contributed by atoms with Gasteiger partial charge in [0, 0.05) is 25.0 Å². The van der Waals surface area contributed by atoms with E-state index in [0.717, 1.165) is 5.56 Å². The Morgan fingerprint density at radius 3 is 2.54 bits per heavy atom. The molecule has 1 heterocycles. The van der Waals surface area contributed by atoms with Gasteiger partial charge in [-0.05, 0) is 47.5 Å². The molecule has 3 rings (SSSR count). The van der Waals surface area contributed by atoms with E-state index in [9.17, 15) is 14.0 Å². The van der Waals surface area contributed by atoms with Crippen molar-refractivity contribution in [2.24, 2.45) is 0 Å². The Labute approximate surface area is 161 Å². The predicted molar refractivity (Wildman–Crippen MR) is 106 cm³/mol.